The number of hydrogen-bond donors (Lipinski definition) is 0. The Kier molecular flexibility index (Phi) is 16.2. The first-order valence-electron chi connectivity index (χ1n) is 10.5. The standard InChI is InChI=1S/4C4H9.C2H4O3.CH3O.O.2Sn/c4*1-3-4-2;1-5-2(3)4;1-2;;;/h4*1,3-4H2,2H3;1H3,(H,3,4);1H3;;;/q;;;;;-1;;2*+1/p-1. The summed E-state index contributed by atoms with van der Waals surface area (Å²) >= 11 is -6.86. The molecule has 0 saturated heterocycles. The van der Waals surface area contributed by atoms with Gasteiger partial charge in [-0.15, -0.1) is 0 Å². The fraction of sp³-hybridized carbons (Fsp3) is 0.947. The van der Waals surface area contributed by atoms with E-state index in [1.54, 1.807) is 0 Å². The van der Waals surface area contributed by atoms with E-state index in [9.17, 15) is 4.79 Å². The van der Waals surface area contributed by atoms with Gasteiger partial charge in [0, 0.05) is 0 Å². The molecular formula is C19H42O5Sn2. The summed E-state index contributed by atoms with van der Waals surface area (Å²) in [4.78, 5) is 12.1. The molecule has 0 bridgehead atoms. The average molecular weight is 588 g/mol. The van der Waals surface area contributed by atoms with Crippen molar-refractivity contribution in [1.29, 1.82) is 0 Å². The average Bonchev–Trinajstić information content (AvgIpc) is 2.66. The molecule has 0 unspecified atom stereocenters. The molecule has 0 saturated carbocycles. The van der Waals surface area contributed by atoms with Crippen molar-refractivity contribution in [2.24, 2.45) is 0 Å². The van der Waals surface area contributed by atoms with Crippen molar-refractivity contribution in [3.05, 3.63) is 0 Å². The summed E-state index contributed by atoms with van der Waals surface area (Å²) in [6, 6.07) is 0. The van der Waals surface area contributed by atoms with Crippen molar-refractivity contribution < 1.29 is 17.1 Å². The molecular weight excluding hydrogens is 546 g/mol. The number of rotatable bonds is 16. The number of hydrogen-bond acceptors (Lipinski definition) is 5. The third-order valence-corrected chi connectivity index (χ3v) is 37.6. The molecule has 0 aromatic heterocycles. The molecule has 0 fully saturated rings. The summed E-state index contributed by atoms with van der Waals surface area (Å²) < 4.78 is 28.0. The summed E-state index contributed by atoms with van der Waals surface area (Å²) in [5.41, 5.74) is 0. The van der Waals surface area contributed by atoms with Crippen LogP contribution in [0.3, 0.4) is 0 Å². The Bertz CT molecular complexity index is 350. The van der Waals surface area contributed by atoms with Crippen molar-refractivity contribution in [3.8, 4) is 0 Å². The predicted octanol–water partition coefficient (Wildman–Crippen LogP) is 6.52. The van der Waals surface area contributed by atoms with Gasteiger partial charge in [0.25, 0.3) is 0 Å². The first-order chi connectivity index (χ1) is 12.5. The first kappa shape index (κ1) is 26.8. The Labute approximate surface area is 171 Å². The van der Waals surface area contributed by atoms with E-state index in [-0.39, 0.29) is 0 Å². The maximum absolute atomic E-state index is 12.1. The van der Waals surface area contributed by atoms with E-state index in [0.717, 1.165) is 69.1 Å². The maximum atomic E-state index is 12.1. The molecule has 26 heavy (non-hydrogen) atoms. The minimum absolute atomic E-state index is 0.560. The zero-order chi connectivity index (χ0) is 19.9. The molecule has 0 spiro atoms. The quantitative estimate of drug-likeness (QED) is 0.152. The van der Waals surface area contributed by atoms with E-state index >= 15 is 0 Å². The number of unbranched alkanes of at least 4 members (excludes halogenated alkanes) is 4. The van der Waals surface area contributed by atoms with Gasteiger partial charge in [-0.1, -0.05) is 0 Å². The van der Waals surface area contributed by atoms with Crippen molar-refractivity contribution >= 4 is 44.6 Å². The van der Waals surface area contributed by atoms with Gasteiger partial charge in [0.2, 0.25) is 0 Å². The fourth-order valence-corrected chi connectivity index (χ4v) is 44.3. The van der Waals surface area contributed by atoms with Crippen LogP contribution in [0.25, 0.3) is 0 Å². The van der Waals surface area contributed by atoms with E-state index in [4.69, 9.17) is 12.3 Å². The van der Waals surface area contributed by atoms with Gasteiger partial charge in [0.15, 0.2) is 0 Å². The second-order valence-corrected chi connectivity index (χ2v) is 29.4. The second-order valence-electron chi connectivity index (χ2n) is 7.10. The topological polar surface area (TPSA) is 54.0 Å². The van der Waals surface area contributed by atoms with Gasteiger partial charge in [-0.3, -0.25) is 0 Å². The van der Waals surface area contributed by atoms with Crippen LogP contribution in [0.5, 0.6) is 0 Å². The molecule has 156 valence electrons. The van der Waals surface area contributed by atoms with E-state index < -0.39 is 44.6 Å². The van der Waals surface area contributed by atoms with Crippen LogP contribution in [-0.2, 0) is 12.3 Å². The summed E-state index contributed by atoms with van der Waals surface area (Å²) in [5, 5.41) is 0. The molecule has 0 atom stereocenters. The van der Waals surface area contributed by atoms with Gasteiger partial charge in [-0.05, 0) is 0 Å². The molecule has 0 rings (SSSR count). The van der Waals surface area contributed by atoms with Crippen LogP contribution in [0, 0.1) is 0 Å². The second kappa shape index (κ2) is 15.7. The van der Waals surface area contributed by atoms with Crippen molar-refractivity contribution in [3.63, 3.8) is 0 Å². The molecule has 0 heterocycles. The monoisotopic (exact) mass is 590 g/mol. The molecule has 0 aromatic rings. The van der Waals surface area contributed by atoms with Gasteiger partial charge in [-0.25, -0.2) is 0 Å². The molecule has 0 N–H and O–H groups in total. The van der Waals surface area contributed by atoms with E-state index in [1.165, 1.54) is 7.11 Å². The SMILES string of the molecule is CCC[CH2][Sn]([CH2]CCC)([O]C)[O][Sn]([CH2]CCC)([CH2]CCC)[O]C(=O)OC. The van der Waals surface area contributed by atoms with Crippen LogP contribution in [-0.4, -0.2) is 58.8 Å². The fourth-order valence-electron chi connectivity index (χ4n) is 3.14. The molecule has 0 radical (unpaired) electrons. The zero-order valence-electron chi connectivity index (χ0n) is 18.0. The Morgan fingerprint density at radius 2 is 1.08 bits per heavy atom. The van der Waals surface area contributed by atoms with Crippen LogP contribution in [0.15, 0.2) is 0 Å². The van der Waals surface area contributed by atoms with Gasteiger partial charge >= 0.3 is 173 Å². The van der Waals surface area contributed by atoms with Crippen LogP contribution < -0.4 is 0 Å². The number of carbonyl (C=O) groups is 1. The minimum atomic E-state index is -3.60. The number of methoxy groups -OCH3 is 1. The Morgan fingerprint density at radius 3 is 1.38 bits per heavy atom. The third kappa shape index (κ3) is 10.4. The zero-order valence-corrected chi connectivity index (χ0v) is 23.7. The predicted molar refractivity (Wildman–Crippen MR) is 112 cm³/mol. The van der Waals surface area contributed by atoms with Crippen LogP contribution >= 0.6 is 0 Å². The molecule has 0 aliphatic rings. The van der Waals surface area contributed by atoms with E-state index in [1.807, 2.05) is 7.11 Å². The Morgan fingerprint density at radius 1 is 0.692 bits per heavy atom. The first-order valence-corrected chi connectivity index (χ1v) is 23.2. The van der Waals surface area contributed by atoms with Gasteiger partial charge < -0.3 is 0 Å². The van der Waals surface area contributed by atoms with Crippen molar-refractivity contribution in [2.75, 3.05) is 14.2 Å². The van der Waals surface area contributed by atoms with Crippen LogP contribution in [0.2, 0.25) is 17.7 Å². The Balaban J connectivity index is 5.66. The van der Waals surface area contributed by atoms with Gasteiger partial charge in [0.05, 0.1) is 0 Å². The van der Waals surface area contributed by atoms with Crippen molar-refractivity contribution in [2.45, 2.75) is 96.8 Å². The summed E-state index contributed by atoms with van der Waals surface area (Å²) in [5.74, 6) is 0. The van der Waals surface area contributed by atoms with Gasteiger partial charge in [0.1, 0.15) is 0 Å². The molecule has 0 aromatic carbocycles. The summed E-state index contributed by atoms with van der Waals surface area (Å²) in [6.07, 6.45) is 8.24. The summed E-state index contributed by atoms with van der Waals surface area (Å²) in [6.45, 7) is 8.77. The summed E-state index contributed by atoms with van der Waals surface area (Å²) in [7, 11) is 3.22. The van der Waals surface area contributed by atoms with Crippen LogP contribution in [0.4, 0.5) is 4.79 Å². The Hall–Kier alpha value is 0.787. The van der Waals surface area contributed by atoms with Gasteiger partial charge in [-0.2, -0.15) is 0 Å². The number of ether oxygens (including phenoxy) is 1. The molecule has 5 nitrogen and oxygen atoms in total. The number of carbonyl (C=O) groups excluding carboxylic acids is 1. The van der Waals surface area contributed by atoms with Crippen LogP contribution in [0.1, 0.15) is 79.1 Å². The van der Waals surface area contributed by atoms with E-state index in [0.29, 0.717) is 0 Å². The normalized spacial score (nSPS) is 12.2. The van der Waals surface area contributed by atoms with Crippen molar-refractivity contribution in [1.82, 2.24) is 0 Å². The molecule has 0 aliphatic heterocycles. The third-order valence-electron chi connectivity index (χ3n) is 4.82. The molecule has 0 amide bonds. The molecule has 7 heteroatoms. The van der Waals surface area contributed by atoms with E-state index in [2.05, 4.69) is 27.7 Å². The molecule has 0 aliphatic carbocycles.